The molecule has 0 unspecified atom stereocenters. The topological polar surface area (TPSA) is 49.6 Å². The van der Waals surface area contributed by atoms with Crippen molar-refractivity contribution in [2.75, 3.05) is 26.2 Å². The molecule has 1 saturated heterocycles. The van der Waals surface area contributed by atoms with Crippen LogP contribution in [0.1, 0.15) is 22.5 Å². The summed E-state index contributed by atoms with van der Waals surface area (Å²) >= 11 is 0. The molecule has 5 nitrogen and oxygen atoms in total. The number of nitrogens with one attached hydrogen (secondary N) is 1. The summed E-state index contributed by atoms with van der Waals surface area (Å²) in [6.45, 7) is 5.41. The van der Waals surface area contributed by atoms with Gasteiger partial charge in [0.15, 0.2) is 0 Å². The lowest BCUT2D eigenvalue weighted by Crippen LogP contribution is -2.34. The fourth-order valence-electron chi connectivity index (χ4n) is 2.47. The predicted octanol–water partition coefficient (Wildman–Crippen LogP) is 1.08. The monoisotopic (exact) mass is 258 g/mol. The lowest BCUT2D eigenvalue weighted by atomic mass is 10.2. The van der Waals surface area contributed by atoms with Crippen LogP contribution in [0.2, 0.25) is 0 Å². The number of nitrogens with zero attached hydrogens (tertiary/aromatic N) is 3. The van der Waals surface area contributed by atoms with Crippen molar-refractivity contribution in [3.8, 4) is 0 Å². The highest BCUT2D eigenvalue weighted by Gasteiger charge is 2.17. The molecule has 1 fully saturated rings. The first kappa shape index (κ1) is 12.2. The maximum absolute atomic E-state index is 12.5. The average Bonchev–Trinajstić information content (AvgIpc) is 2.63. The number of pyridine rings is 1. The number of fused-ring (bicyclic) bond motifs is 1. The molecule has 100 valence electrons. The molecule has 3 rings (SSSR count). The van der Waals surface area contributed by atoms with Gasteiger partial charge in [-0.05, 0) is 32.0 Å². The van der Waals surface area contributed by atoms with Crippen LogP contribution < -0.4 is 5.32 Å². The number of rotatable bonds is 1. The van der Waals surface area contributed by atoms with Gasteiger partial charge in [-0.1, -0.05) is 0 Å². The van der Waals surface area contributed by atoms with E-state index in [9.17, 15) is 4.79 Å². The molecule has 5 heteroatoms. The standard InChI is InChI=1S/C14H18N4O/c1-11-10-18-7-3-12(9-13(18)16-11)14(19)17-6-2-4-15-5-8-17/h3,7,9-10,15H,2,4-6,8H2,1H3. The molecule has 1 aliphatic rings. The van der Waals surface area contributed by atoms with Gasteiger partial charge in [0, 0.05) is 37.6 Å². The van der Waals surface area contributed by atoms with E-state index in [2.05, 4.69) is 10.3 Å². The van der Waals surface area contributed by atoms with Gasteiger partial charge in [-0.3, -0.25) is 4.79 Å². The van der Waals surface area contributed by atoms with E-state index in [-0.39, 0.29) is 5.91 Å². The quantitative estimate of drug-likeness (QED) is 0.832. The minimum absolute atomic E-state index is 0.104. The molecule has 0 saturated carbocycles. The Morgan fingerprint density at radius 2 is 2.26 bits per heavy atom. The largest absolute Gasteiger partial charge is 0.337 e. The van der Waals surface area contributed by atoms with Crippen molar-refractivity contribution in [2.45, 2.75) is 13.3 Å². The Morgan fingerprint density at radius 3 is 3.16 bits per heavy atom. The van der Waals surface area contributed by atoms with E-state index >= 15 is 0 Å². The highest BCUT2D eigenvalue weighted by molar-refractivity contribution is 5.95. The Balaban J connectivity index is 1.87. The van der Waals surface area contributed by atoms with Crippen LogP contribution in [0.15, 0.2) is 24.5 Å². The zero-order chi connectivity index (χ0) is 13.2. The third-order valence-electron chi connectivity index (χ3n) is 3.45. The molecule has 0 bridgehead atoms. The highest BCUT2D eigenvalue weighted by Crippen LogP contribution is 2.11. The van der Waals surface area contributed by atoms with Gasteiger partial charge in [0.2, 0.25) is 0 Å². The number of carbonyl (C=O) groups is 1. The summed E-state index contributed by atoms with van der Waals surface area (Å²) in [5.74, 6) is 0.104. The molecule has 0 radical (unpaired) electrons. The predicted molar refractivity (Wildman–Crippen MR) is 73.3 cm³/mol. The molecule has 1 aliphatic heterocycles. The first-order chi connectivity index (χ1) is 9.24. The molecule has 0 aromatic carbocycles. The maximum Gasteiger partial charge on any atom is 0.254 e. The molecule has 0 atom stereocenters. The van der Waals surface area contributed by atoms with Gasteiger partial charge < -0.3 is 14.6 Å². The highest BCUT2D eigenvalue weighted by atomic mass is 16.2. The van der Waals surface area contributed by atoms with E-state index < -0.39 is 0 Å². The summed E-state index contributed by atoms with van der Waals surface area (Å²) in [5, 5.41) is 3.31. The second-order valence-corrected chi connectivity index (χ2v) is 4.96. The van der Waals surface area contributed by atoms with E-state index in [0.29, 0.717) is 0 Å². The van der Waals surface area contributed by atoms with Crippen LogP contribution in [0.5, 0.6) is 0 Å². The Bertz CT molecular complexity index is 597. The van der Waals surface area contributed by atoms with Crippen molar-refractivity contribution in [1.29, 1.82) is 0 Å². The molecule has 0 aliphatic carbocycles. The van der Waals surface area contributed by atoms with Gasteiger partial charge >= 0.3 is 0 Å². The Labute approximate surface area is 112 Å². The summed E-state index contributed by atoms with van der Waals surface area (Å²) in [5.41, 5.74) is 2.51. The third-order valence-corrected chi connectivity index (χ3v) is 3.45. The van der Waals surface area contributed by atoms with Gasteiger partial charge in [0.05, 0.1) is 5.69 Å². The normalized spacial score (nSPS) is 16.6. The van der Waals surface area contributed by atoms with E-state index in [1.54, 1.807) is 0 Å². The zero-order valence-electron chi connectivity index (χ0n) is 11.1. The number of amides is 1. The minimum Gasteiger partial charge on any atom is -0.337 e. The van der Waals surface area contributed by atoms with Crippen LogP contribution in [0, 0.1) is 6.92 Å². The molecule has 3 heterocycles. The molecule has 1 amide bonds. The van der Waals surface area contributed by atoms with Crippen LogP contribution in [0.3, 0.4) is 0 Å². The van der Waals surface area contributed by atoms with Crippen molar-refractivity contribution in [2.24, 2.45) is 0 Å². The summed E-state index contributed by atoms with van der Waals surface area (Å²) in [4.78, 5) is 18.8. The molecular weight excluding hydrogens is 240 g/mol. The second-order valence-electron chi connectivity index (χ2n) is 4.96. The Hall–Kier alpha value is -1.88. The molecule has 0 spiro atoms. The summed E-state index contributed by atoms with van der Waals surface area (Å²) in [7, 11) is 0. The van der Waals surface area contributed by atoms with Gasteiger partial charge in [0.1, 0.15) is 5.65 Å². The Kier molecular flexibility index (Phi) is 3.21. The number of hydrogen-bond acceptors (Lipinski definition) is 3. The second kappa shape index (κ2) is 5.01. The molecule has 2 aromatic rings. The smallest absolute Gasteiger partial charge is 0.254 e. The lowest BCUT2D eigenvalue weighted by molar-refractivity contribution is 0.0766. The number of aromatic nitrogens is 2. The van der Waals surface area contributed by atoms with Gasteiger partial charge in [-0.2, -0.15) is 0 Å². The van der Waals surface area contributed by atoms with Crippen LogP contribution in [0.4, 0.5) is 0 Å². The summed E-state index contributed by atoms with van der Waals surface area (Å²) < 4.78 is 1.94. The minimum atomic E-state index is 0.104. The lowest BCUT2D eigenvalue weighted by Gasteiger charge is -2.19. The van der Waals surface area contributed by atoms with E-state index in [1.165, 1.54) is 0 Å². The average molecular weight is 258 g/mol. The van der Waals surface area contributed by atoms with E-state index in [4.69, 9.17) is 0 Å². The van der Waals surface area contributed by atoms with Crippen LogP contribution >= 0.6 is 0 Å². The van der Waals surface area contributed by atoms with Crippen LogP contribution in [0.25, 0.3) is 5.65 Å². The maximum atomic E-state index is 12.5. The van der Waals surface area contributed by atoms with E-state index in [1.807, 2.05) is 40.8 Å². The molecule has 19 heavy (non-hydrogen) atoms. The number of hydrogen-bond donors (Lipinski definition) is 1. The van der Waals surface area contributed by atoms with Crippen LogP contribution in [-0.4, -0.2) is 46.4 Å². The van der Waals surface area contributed by atoms with Gasteiger partial charge in [0.25, 0.3) is 5.91 Å². The first-order valence-corrected chi connectivity index (χ1v) is 6.69. The van der Waals surface area contributed by atoms with Crippen molar-refractivity contribution >= 4 is 11.6 Å². The van der Waals surface area contributed by atoms with Crippen molar-refractivity contribution in [3.63, 3.8) is 0 Å². The number of aryl methyl sites for hydroxylation is 1. The number of imidazole rings is 1. The van der Waals surface area contributed by atoms with Crippen LogP contribution in [-0.2, 0) is 0 Å². The summed E-state index contributed by atoms with van der Waals surface area (Å²) in [6.07, 6.45) is 4.87. The van der Waals surface area contributed by atoms with Crippen molar-refractivity contribution in [3.05, 3.63) is 35.8 Å². The molecular formula is C14H18N4O. The number of carbonyl (C=O) groups excluding carboxylic acids is 1. The van der Waals surface area contributed by atoms with Gasteiger partial charge in [-0.25, -0.2) is 4.98 Å². The first-order valence-electron chi connectivity index (χ1n) is 6.69. The van der Waals surface area contributed by atoms with Gasteiger partial charge in [-0.15, -0.1) is 0 Å². The van der Waals surface area contributed by atoms with Crippen molar-refractivity contribution in [1.82, 2.24) is 19.6 Å². The fraction of sp³-hybridized carbons (Fsp3) is 0.429. The fourth-order valence-corrected chi connectivity index (χ4v) is 2.47. The zero-order valence-corrected chi connectivity index (χ0v) is 11.1. The Morgan fingerprint density at radius 1 is 1.37 bits per heavy atom. The summed E-state index contributed by atoms with van der Waals surface area (Å²) in [6, 6.07) is 3.74. The van der Waals surface area contributed by atoms with Crippen molar-refractivity contribution < 1.29 is 4.79 Å². The molecule has 1 N–H and O–H groups in total. The third kappa shape index (κ3) is 2.46. The molecule has 2 aromatic heterocycles. The SMILES string of the molecule is Cc1cn2ccc(C(=O)N3CCCNCC3)cc2n1. The van der Waals surface area contributed by atoms with E-state index in [0.717, 1.165) is 49.5 Å².